The zero-order valence-electron chi connectivity index (χ0n) is 29.8. The Balaban J connectivity index is 1.71. The van der Waals surface area contributed by atoms with E-state index in [0.717, 1.165) is 42.7 Å². The number of rotatable bonds is 17. The van der Waals surface area contributed by atoms with E-state index < -0.39 is 41.8 Å². The molecule has 0 saturated carbocycles. The fourth-order valence-corrected chi connectivity index (χ4v) is 7.16. The average molecular weight is 704 g/mol. The third-order valence-corrected chi connectivity index (χ3v) is 10.7. The molecule has 3 rings (SSSR count). The summed E-state index contributed by atoms with van der Waals surface area (Å²) in [6.45, 7) is 10.3. The molecule has 7 atom stereocenters. The number of hydrogen-bond acceptors (Lipinski definition) is 8. The molecule has 1 unspecified atom stereocenters. The third-order valence-electron chi connectivity index (χ3n) is 9.76. The second kappa shape index (κ2) is 18.5. The van der Waals surface area contributed by atoms with E-state index in [9.17, 15) is 33.8 Å². The number of piperidine rings is 1. The summed E-state index contributed by atoms with van der Waals surface area (Å²) >= 11 is 1.13. The smallest absolute Gasteiger partial charge is 0.306 e. The molecule has 1 saturated heterocycles. The molecule has 3 amide bonds. The van der Waals surface area contributed by atoms with Gasteiger partial charge >= 0.3 is 5.97 Å². The lowest BCUT2D eigenvalue weighted by Gasteiger charge is -2.38. The molecule has 2 aromatic rings. The van der Waals surface area contributed by atoms with Gasteiger partial charge < -0.3 is 25.7 Å². The van der Waals surface area contributed by atoms with Gasteiger partial charge in [-0.25, -0.2) is 9.37 Å². The minimum Gasteiger partial charge on any atom is -0.481 e. The van der Waals surface area contributed by atoms with Crippen molar-refractivity contribution < 1.29 is 33.8 Å². The average Bonchev–Trinajstić information content (AvgIpc) is 3.57. The molecule has 0 bridgehead atoms. The van der Waals surface area contributed by atoms with Gasteiger partial charge in [0, 0.05) is 30.9 Å². The topological polar surface area (TPSA) is 152 Å². The van der Waals surface area contributed by atoms with Crippen LogP contribution >= 0.6 is 11.3 Å². The van der Waals surface area contributed by atoms with E-state index in [4.69, 9.17) is 0 Å². The molecule has 1 aliphatic rings. The summed E-state index contributed by atoms with van der Waals surface area (Å²) < 4.78 is 13.4. The first-order chi connectivity index (χ1) is 23.1. The van der Waals surface area contributed by atoms with Crippen LogP contribution in [0, 0.1) is 23.6 Å². The Kier molecular flexibility index (Phi) is 15.1. The highest BCUT2D eigenvalue weighted by Gasteiger charge is 2.36. The van der Waals surface area contributed by atoms with Crippen LogP contribution in [0.25, 0.3) is 0 Å². The van der Waals surface area contributed by atoms with Crippen molar-refractivity contribution in [1.29, 1.82) is 0 Å². The number of thiazole rings is 1. The van der Waals surface area contributed by atoms with Crippen LogP contribution in [-0.4, -0.2) is 93.5 Å². The predicted octanol–water partition coefficient (Wildman–Crippen LogP) is 4.66. The molecule has 11 nitrogen and oxygen atoms in total. The molecule has 4 N–H and O–H groups in total. The van der Waals surface area contributed by atoms with Crippen molar-refractivity contribution in [3.63, 3.8) is 0 Å². The van der Waals surface area contributed by atoms with Crippen LogP contribution in [0.4, 0.5) is 4.39 Å². The van der Waals surface area contributed by atoms with Crippen LogP contribution in [-0.2, 0) is 20.8 Å². The quantitative estimate of drug-likeness (QED) is 0.186. The van der Waals surface area contributed by atoms with E-state index >= 15 is 0 Å². The number of aromatic nitrogens is 1. The van der Waals surface area contributed by atoms with Crippen molar-refractivity contribution in [3.05, 3.63) is 51.7 Å². The Morgan fingerprint density at radius 1 is 1.08 bits per heavy atom. The summed E-state index contributed by atoms with van der Waals surface area (Å²) in [6.07, 6.45) is 3.03. The Labute approximate surface area is 293 Å². The summed E-state index contributed by atoms with van der Waals surface area (Å²) in [5.41, 5.74) is 0.831. The van der Waals surface area contributed by atoms with Gasteiger partial charge in [-0.1, -0.05) is 59.6 Å². The number of carbonyl (C=O) groups is 4. The lowest BCUT2D eigenvalue weighted by molar-refractivity contribution is -0.141. The lowest BCUT2D eigenvalue weighted by Crippen LogP contribution is -2.58. The number of likely N-dealkylation sites (N-methyl/N-ethyl adjacent to an activating group) is 2. The molecule has 0 aliphatic carbocycles. The number of aliphatic hydroxyl groups is 1. The molecule has 1 aromatic carbocycles. The van der Waals surface area contributed by atoms with Crippen molar-refractivity contribution >= 4 is 35.0 Å². The minimum absolute atomic E-state index is 0.0347. The zero-order valence-corrected chi connectivity index (χ0v) is 30.6. The van der Waals surface area contributed by atoms with Gasteiger partial charge in [-0.3, -0.25) is 24.1 Å². The van der Waals surface area contributed by atoms with Crippen LogP contribution in [0.15, 0.2) is 29.6 Å². The van der Waals surface area contributed by atoms with Gasteiger partial charge in [0.25, 0.3) is 5.91 Å². The molecule has 0 spiro atoms. The SMILES string of the molecule is CCC(C)[C@H](NC(=O)[C@H]1CCCCN1C)C(=O)N(C)[C@H](C[C@@H](O)c1nc(C(=O)N[C@@H](Cc2ccc(F)cc2)C[C@H](C)C(=O)O)cs1)C(C)C. The van der Waals surface area contributed by atoms with Crippen molar-refractivity contribution in [2.75, 3.05) is 20.6 Å². The predicted molar refractivity (Wildman–Crippen MR) is 188 cm³/mol. The Morgan fingerprint density at radius 3 is 2.35 bits per heavy atom. The van der Waals surface area contributed by atoms with E-state index in [1.54, 1.807) is 36.4 Å². The summed E-state index contributed by atoms with van der Waals surface area (Å²) in [5, 5.41) is 28.5. The van der Waals surface area contributed by atoms with Gasteiger partial charge in [-0.15, -0.1) is 11.3 Å². The molecule has 1 aliphatic heterocycles. The Morgan fingerprint density at radius 2 is 1.76 bits per heavy atom. The molecule has 0 radical (unpaired) electrons. The monoisotopic (exact) mass is 703 g/mol. The van der Waals surface area contributed by atoms with Gasteiger partial charge in [0.15, 0.2) is 0 Å². The number of amides is 3. The molecule has 272 valence electrons. The standard InChI is InChI=1S/C36H54FN5O6S/c1-8-22(4)31(40-33(45)28-11-9-10-16-41(28)6)35(46)42(7)29(21(2)3)19-30(43)34-39-27(20-49-34)32(44)38-26(17-23(5)36(47)48)18-24-12-14-25(37)15-13-24/h12-15,20-23,26,28-31,43H,8-11,16-19H2,1-7H3,(H,38,44)(H,40,45)(H,47,48)/t22?,23-,26+,28+,29+,30+,31-/m0/s1. The maximum Gasteiger partial charge on any atom is 0.306 e. The first-order valence-electron chi connectivity index (χ1n) is 17.3. The van der Waals surface area contributed by atoms with Gasteiger partial charge in [-0.2, -0.15) is 0 Å². The Hall–Kier alpha value is -3.42. The molecular weight excluding hydrogens is 649 g/mol. The normalized spacial score (nSPS) is 18.9. The van der Waals surface area contributed by atoms with E-state index in [1.165, 1.54) is 12.1 Å². The van der Waals surface area contributed by atoms with E-state index in [2.05, 4.69) is 15.6 Å². The Bertz CT molecular complexity index is 1400. The van der Waals surface area contributed by atoms with E-state index in [-0.39, 0.29) is 54.3 Å². The first kappa shape index (κ1) is 40.0. The fourth-order valence-electron chi connectivity index (χ4n) is 6.36. The summed E-state index contributed by atoms with van der Waals surface area (Å²) in [4.78, 5) is 60.2. The minimum atomic E-state index is -1.07. The molecule has 1 aromatic heterocycles. The number of carboxylic acid groups (broad SMARTS) is 1. The zero-order chi connectivity index (χ0) is 36.4. The molecular formula is C36H54FN5O6S. The summed E-state index contributed by atoms with van der Waals surface area (Å²) in [7, 11) is 3.64. The number of aliphatic hydroxyl groups excluding tert-OH is 1. The third kappa shape index (κ3) is 11.3. The van der Waals surface area contributed by atoms with Crippen LogP contribution in [0.2, 0.25) is 0 Å². The number of aliphatic carboxylic acids is 1. The highest BCUT2D eigenvalue weighted by molar-refractivity contribution is 7.09. The number of halogens is 1. The number of nitrogens with zero attached hydrogens (tertiary/aromatic N) is 3. The van der Waals surface area contributed by atoms with Crippen molar-refractivity contribution in [2.45, 2.75) is 110 Å². The van der Waals surface area contributed by atoms with Crippen molar-refractivity contribution in [1.82, 2.24) is 25.4 Å². The molecule has 2 heterocycles. The molecule has 49 heavy (non-hydrogen) atoms. The number of benzene rings is 1. The van der Waals surface area contributed by atoms with Gasteiger partial charge in [0.2, 0.25) is 11.8 Å². The summed E-state index contributed by atoms with van der Waals surface area (Å²) in [5.74, 6) is -3.11. The number of nitrogens with one attached hydrogen (secondary N) is 2. The number of carbonyl (C=O) groups excluding carboxylic acids is 3. The van der Waals surface area contributed by atoms with Crippen LogP contribution in [0.3, 0.4) is 0 Å². The maximum absolute atomic E-state index is 14.0. The maximum atomic E-state index is 14.0. The van der Waals surface area contributed by atoms with Crippen LogP contribution in [0.5, 0.6) is 0 Å². The first-order valence-corrected chi connectivity index (χ1v) is 18.2. The van der Waals surface area contributed by atoms with Gasteiger partial charge in [-0.05, 0) is 68.8 Å². The second-order valence-electron chi connectivity index (χ2n) is 13.9. The number of hydrogen-bond donors (Lipinski definition) is 4. The molecule has 1 fully saturated rings. The van der Waals surface area contributed by atoms with Gasteiger partial charge in [0.05, 0.1) is 12.0 Å². The van der Waals surface area contributed by atoms with E-state index in [1.807, 2.05) is 39.6 Å². The van der Waals surface area contributed by atoms with Crippen LogP contribution in [0.1, 0.15) is 100 Å². The number of carboxylic acids is 1. The largest absolute Gasteiger partial charge is 0.481 e. The highest BCUT2D eigenvalue weighted by Crippen LogP contribution is 2.28. The lowest BCUT2D eigenvalue weighted by atomic mass is 9.92. The van der Waals surface area contributed by atoms with Crippen molar-refractivity contribution in [2.24, 2.45) is 17.8 Å². The van der Waals surface area contributed by atoms with Crippen LogP contribution < -0.4 is 10.6 Å². The second-order valence-corrected chi connectivity index (χ2v) is 14.8. The van der Waals surface area contributed by atoms with Crippen molar-refractivity contribution in [3.8, 4) is 0 Å². The molecule has 13 heteroatoms. The fraction of sp³-hybridized carbons (Fsp3) is 0.639. The number of likely N-dealkylation sites (tertiary alicyclic amines) is 1. The highest BCUT2D eigenvalue weighted by atomic mass is 32.1. The summed E-state index contributed by atoms with van der Waals surface area (Å²) in [6, 6.07) is 3.90. The van der Waals surface area contributed by atoms with Gasteiger partial charge in [0.1, 0.15) is 28.7 Å². The van der Waals surface area contributed by atoms with E-state index in [0.29, 0.717) is 17.8 Å².